The monoisotopic (exact) mass is 411 g/mol. The van der Waals surface area contributed by atoms with Crippen LogP contribution in [-0.4, -0.2) is 27.0 Å². The molecule has 0 amide bonds. The molecule has 1 N–H and O–H groups in total. The van der Waals surface area contributed by atoms with E-state index in [9.17, 15) is 5.11 Å². The minimum absolute atomic E-state index is 0.178. The summed E-state index contributed by atoms with van der Waals surface area (Å²) in [5, 5.41) is 19.4. The van der Waals surface area contributed by atoms with Gasteiger partial charge in [0.1, 0.15) is 11.5 Å². The zero-order valence-corrected chi connectivity index (χ0v) is 16.3. The van der Waals surface area contributed by atoms with Gasteiger partial charge in [-0.1, -0.05) is 23.2 Å². The molecule has 0 bridgehead atoms. The molecule has 0 radical (unpaired) electrons. The van der Waals surface area contributed by atoms with Crippen molar-refractivity contribution in [3.05, 3.63) is 76.8 Å². The highest BCUT2D eigenvalue weighted by molar-refractivity contribution is 6.35. The molecule has 7 heteroatoms. The maximum Gasteiger partial charge on any atom is 0.170 e. The van der Waals surface area contributed by atoms with Gasteiger partial charge >= 0.3 is 0 Å². The minimum Gasteiger partial charge on any atom is -0.508 e. The molecule has 0 saturated heterocycles. The van der Waals surface area contributed by atoms with Crippen LogP contribution in [-0.2, 0) is 0 Å². The topological polar surface area (TPSA) is 60.2 Å². The molecule has 4 rings (SSSR count). The van der Waals surface area contributed by atoms with Gasteiger partial charge in [0.25, 0.3) is 0 Å². The van der Waals surface area contributed by atoms with Crippen molar-refractivity contribution in [2.75, 3.05) is 7.11 Å². The van der Waals surface area contributed by atoms with E-state index in [-0.39, 0.29) is 5.75 Å². The van der Waals surface area contributed by atoms with Gasteiger partial charge in [-0.05, 0) is 66.7 Å². The smallest absolute Gasteiger partial charge is 0.170 e. The van der Waals surface area contributed by atoms with Gasteiger partial charge in [-0.15, -0.1) is 10.2 Å². The number of hydrogen-bond donors (Lipinski definition) is 1. The van der Waals surface area contributed by atoms with E-state index in [1.54, 1.807) is 49.6 Å². The van der Waals surface area contributed by atoms with E-state index in [2.05, 4.69) is 10.2 Å². The number of rotatable bonds is 4. The van der Waals surface area contributed by atoms with Gasteiger partial charge in [-0.3, -0.25) is 4.57 Å². The molecule has 140 valence electrons. The molecule has 0 aliphatic rings. The van der Waals surface area contributed by atoms with Crippen LogP contribution in [0.5, 0.6) is 11.5 Å². The van der Waals surface area contributed by atoms with Crippen molar-refractivity contribution in [2.45, 2.75) is 0 Å². The first-order valence-electron chi connectivity index (χ1n) is 8.41. The van der Waals surface area contributed by atoms with Crippen molar-refractivity contribution < 1.29 is 9.84 Å². The lowest BCUT2D eigenvalue weighted by molar-refractivity contribution is 0.415. The number of benzene rings is 3. The van der Waals surface area contributed by atoms with Gasteiger partial charge in [-0.2, -0.15) is 0 Å². The maximum absolute atomic E-state index is 9.61. The predicted molar refractivity (Wildman–Crippen MR) is 110 cm³/mol. The highest BCUT2D eigenvalue weighted by Gasteiger charge is 2.19. The van der Waals surface area contributed by atoms with Crippen LogP contribution in [0.4, 0.5) is 0 Å². The lowest BCUT2D eigenvalue weighted by Crippen LogP contribution is -2.01. The normalized spacial score (nSPS) is 10.8. The molecule has 0 aliphatic carbocycles. The average molecular weight is 412 g/mol. The SMILES string of the molecule is COc1ccc(-n2c(-c3ccc(O)cc3)nnc2-c2cc(Cl)ccc2Cl)cc1. The number of phenols is 1. The summed E-state index contributed by atoms with van der Waals surface area (Å²) in [7, 11) is 1.62. The van der Waals surface area contributed by atoms with Gasteiger partial charge in [-0.25, -0.2) is 0 Å². The summed E-state index contributed by atoms with van der Waals surface area (Å²) in [5.74, 6) is 2.08. The van der Waals surface area contributed by atoms with Crippen LogP contribution >= 0.6 is 23.2 Å². The maximum atomic E-state index is 9.61. The van der Waals surface area contributed by atoms with Crippen molar-refractivity contribution in [3.63, 3.8) is 0 Å². The zero-order valence-electron chi connectivity index (χ0n) is 14.8. The van der Waals surface area contributed by atoms with E-state index in [0.29, 0.717) is 27.3 Å². The van der Waals surface area contributed by atoms with E-state index in [0.717, 1.165) is 17.0 Å². The first kappa shape index (κ1) is 18.3. The van der Waals surface area contributed by atoms with Crippen LogP contribution in [0.2, 0.25) is 10.0 Å². The molecule has 0 fully saturated rings. The van der Waals surface area contributed by atoms with E-state index in [1.165, 1.54) is 0 Å². The van der Waals surface area contributed by atoms with Crippen LogP contribution in [0.25, 0.3) is 28.5 Å². The van der Waals surface area contributed by atoms with Gasteiger partial charge in [0.05, 0.1) is 12.1 Å². The molecule has 0 atom stereocenters. The van der Waals surface area contributed by atoms with Crippen LogP contribution in [0, 0.1) is 0 Å². The second-order valence-electron chi connectivity index (χ2n) is 6.05. The van der Waals surface area contributed by atoms with Crippen molar-refractivity contribution >= 4 is 23.2 Å². The zero-order chi connectivity index (χ0) is 19.7. The Hall–Kier alpha value is -3.02. The third-order valence-electron chi connectivity index (χ3n) is 4.29. The molecule has 5 nitrogen and oxygen atoms in total. The summed E-state index contributed by atoms with van der Waals surface area (Å²) in [4.78, 5) is 0. The predicted octanol–water partition coefficient (Wildman–Crippen LogP) is 5.62. The number of aromatic nitrogens is 3. The Bertz CT molecular complexity index is 1120. The van der Waals surface area contributed by atoms with Crippen LogP contribution in [0.1, 0.15) is 0 Å². The summed E-state index contributed by atoms with van der Waals surface area (Å²) >= 11 is 12.6. The van der Waals surface area contributed by atoms with E-state index < -0.39 is 0 Å². The molecule has 4 aromatic rings. The average Bonchev–Trinajstić information content (AvgIpc) is 3.15. The highest BCUT2D eigenvalue weighted by atomic mass is 35.5. The first-order valence-corrected chi connectivity index (χ1v) is 9.17. The second kappa shape index (κ2) is 7.54. The number of phenolic OH excluding ortho intramolecular Hbond substituents is 1. The standard InChI is InChI=1S/C21H15Cl2N3O2/c1-28-17-9-5-15(6-10-17)26-20(13-2-7-16(27)8-3-13)24-25-21(26)18-12-14(22)4-11-19(18)23/h2-12,27H,1H3. The summed E-state index contributed by atoms with van der Waals surface area (Å²) in [5.41, 5.74) is 2.30. The fourth-order valence-electron chi connectivity index (χ4n) is 2.90. The van der Waals surface area contributed by atoms with Crippen molar-refractivity contribution in [1.29, 1.82) is 0 Å². The van der Waals surface area contributed by atoms with Crippen molar-refractivity contribution in [3.8, 4) is 40.0 Å². The largest absolute Gasteiger partial charge is 0.508 e. The Morgan fingerprint density at radius 3 is 2.21 bits per heavy atom. The number of aromatic hydroxyl groups is 1. The third-order valence-corrected chi connectivity index (χ3v) is 4.85. The highest BCUT2D eigenvalue weighted by Crippen LogP contribution is 2.34. The Morgan fingerprint density at radius 1 is 0.857 bits per heavy atom. The van der Waals surface area contributed by atoms with Crippen molar-refractivity contribution in [2.24, 2.45) is 0 Å². The fourth-order valence-corrected chi connectivity index (χ4v) is 3.28. The number of halogens is 2. The molecule has 0 saturated carbocycles. The Kier molecular flexibility index (Phi) is 4.94. The fraction of sp³-hybridized carbons (Fsp3) is 0.0476. The van der Waals surface area contributed by atoms with E-state index in [1.807, 2.05) is 28.8 Å². The first-order chi connectivity index (χ1) is 13.6. The lowest BCUT2D eigenvalue weighted by Gasteiger charge is -2.12. The third kappa shape index (κ3) is 3.42. The van der Waals surface area contributed by atoms with Gasteiger partial charge in [0.15, 0.2) is 11.6 Å². The summed E-state index contributed by atoms with van der Waals surface area (Å²) < 4.78 is 7.15. The van der Waals surface area contributed by atoms with Crippen LogP contribution < -0.4 is 4.74 Å². The Balaban J connectivity index is 1.96. The quantitative estimate of drug-likeness (QED) is 0.473. The molecule has 0 unspecified atom stereocenters. The molecule has 1 heterocycles. The molecule has 28 heavy (non-hydrogen) atoms. The molecule has 0 aliphatic heterocycles. The molecular formula is C21H15Cl2N3O2. The van der Waals surface area contributed by atoms with E-state index >= 15 is 0 Å². The summed E-state index contributed by atoms with van der Waals surface area (Å²) in [6.07, 6.45) is 0. The number of nitrogens with zero attached hydrogens (tertiary/aromatic N) is 3. The molecule has 0 spiro atoms. The Labute approximate surface area is 171 Å². The summed E-state index contributed by atoms with van der Waals surface area (Å²) in [6, 6.07) is 19.5. The van der Waals surface area contributed by atoms with Gasteiger partial charge in [0.2, 0.25) is 0 Å². The second-order valence-corrected chi connectivity index (χ2v) is 6.90. The van der Waals surface area contributed by atoms with Crippen molar-refractivity contribution in [1.82, 2.24) is 14.8 Å². The molecular weight excluding hydrogens is 397 g/mol. The van der Waals surface area contributed by atoms with Crippen LogP contribution in [0.15, 0.2) is 66.7 Å². The van der Waals surface area contributed by atoms with E-state index in [4.69, 9.17) is 27.9 Å². The van der Waals surface area contributed by atoms with Crippen LogP contribution in [0.3, 0.4) is 0 Å². The number of hydrogen-bond acceptors (Lipinski definition) is 4. The lowest BCUT2D eigenvalue weighted by atomic mass is 10.1. The van der Waals surface area contributed by atoms with Gasteiger partial charge in [0, 0.05) is 21.8 Å². The molecule has 3 aromatic carbocycles. The summed E-state index contributed by atoms with van der Waals surface area (Å²) in [6.45, 7) is 0. The van der Waals surface area contributed by atoms with Gasteiger partial charge < -0.3 is 9.84 Å². The number of ether oxygens (including phenoxy) is 1. The molecule has 1 aromatic heterocycles. The Morgan fingerprint density at radius 2 is 1.54 bits per heavy atom. The minimum atomic E-state index is 0.178. The number of methoxy groups -OCH3 is 1.